The number of nitrogens with one attached hydrogen (secondary N) is 1. The Kier molecular flexibility index (Phi) is 6.03. The quantitative estimate of drug-likeness (QED) is 0.500. The fraction of sp³-hybridized carbons (Fsp3) is 0.105. The zero-order chi connectivity index (χ0) is 19.4. The third kappa shape index (κ3) is 4.43. The molecule has 0 atom stereocenters. The number of ether oxygens (including phenoxy) is 2. The van der Waals surface area contributed by atoms with Crippen LogP contribution < -0.4 is 14.8 Å². The Morgan fingerprint density at radius 1 is 1.30 bits per heavy atom. The molecule has 6 nitrogen and oxygen atoms in total. The van der Waals surface area contributed by atoms with Crippen LogP contribution in [0.3, 0.4) is 0 Å². The summed E-state index contributed by atoms with van der Waals surface area (Å²) in [6, 6.07) is 12.9. The summed E-state index contributed by atoms with van der Waals surface area (Å²) >= 11 is 2.98. The highest BCUT2D eigenvalue weighted by atomic mass is 127. The molecule has 0 spiro atoms. The Morgan fingerprint density at radius 3 is 2.74 bits per heavy atom. The maximum atomic E-state index is 11.7. The lowest BCUT2D eigenvalue weighted by molar-refractivity contribution is -0.115. The van der Waals surface area contributed by atoms with E-state index in [1.165, 1.54) is 7.11 Å². The highest BCUT2D eigenvalue weighted by molar-refractivity contribution is 14.1. The average molecular weight is 492 g/mol. The molecule has 1 aliphatic heterocycles. The summed E-state index contributed by atoms with van der Waals surface area (Å²) in [5.74, 6) is 0.637. The van der Waals surface area contributed by atoms with Crippen molar-refractivity contribution >= 4 is 51.6 Å². The first-order valence-electron chi connectivity index (χ1n) is 7.75. The average Bonchev–Trinajstić information content (AvgIpc) is 2.97. The van der Waals surface area contributed by atoms with Gasteiger partial charge in [-0.3, -0.25) is 14.9 Å². The normalized spacial score (nSPS) is 14.8. The van der Waals surface area contributed by atoms with Gasteiger partial charge in [0, 0.05) is 5.56 Å². The summed E-state index contributed by atoms with van der Waals surface area (Å²) < 4.78 is 12.1. The van der Waals surface area contributed by atoms with Crippen molar-refractivity contribution in [2.75, 3.05) is 7.11 Å². The van der Waals surface area contributed by atoms with E-state index in [4.69, 9.17) is 9.47 Å². The monoisotopic (exact) mass is 492 g/mol. The van der Waals surface area contributed by atoms with Crippen LogP contribution in [-0.2, 0) is 11.4 Å². The maximum Gasteiger partial charge on any atom is 0.290 e. The minimum atomic E-state index is -0.410. The molecule has 3 rings (SSSR count). The van der Waals surface area contributed by atoms with Crippen LogP contribution in [0.25, 0.3) is 6.08 Å². The van der Waals surface area contributed by atoms with Crippen LogP contribution in [0.2, 0.25) is 0 Å². The predicted octanol–water partition coefficient (Wildman–Crippen LogP) is 4.07. The molecule has 2 aromatic carbocycles. The molecule has 0 aliphatic carbocycles. The molecule has 136 valence electrons. The van der Waals surface area contributed by atoms with Crippen LogP contribution >= 0.6 is 34.4 Å². The first kappa shape index (κ1) is 19.3. The van der Waals surface area contributed by atoms with Crippen molar-refractivity contribution in [3.63, 3.8) is 0 Å². The van der Waals surface area contributed by atoms with Crippen molar-refractivity contribution in [1.82, 2.24) is 5.32 Å². The number of nitriles is 1. The fourth-order valence-electron chi connectivity index (χ4n) is 2.44. The van der Waals surface area contributed by atoms with Crippen LogP contribution in [0.5, 0.6) is 11.5 Å². The first-order valence-corrected chi connectivity index (χ1v) is 9.64. The molecule has 0 saturated carbocycles. The number of carbonyl (C=O) groups excluding carboxylic acids is 2. The predicted molar refractivity (Wildman–Crippen MR) is 110 cm³/mol. The van der Waals surface area contributed by atoms with Gasteiger partial charge in [-0.1, -0.05) is 18.2 Å². The number of benzene rings is 2. The summed E-state index contributed by atoms with van der Waals surface area (Å²) in [6.07, 6.45) is 1.63. The molecule has 1 N–H and O–H groups in total. The van der Waals surface area contributed by atoms with Gasteiger partial charge in [-0.25, -0.2) is 0 Å². The van der Waals surface area contributed by atoms with Crippen LogP contribution in [0, 0.1) is 14.9 Å². The van der Waals surface area contributed by atoms with Gasteiger partial charge in [0.1, 0.15) is 6.61 Å². The lowest BCUT2D eigenvalue weighted by atomic mass is 10.1. The second-order valence-electron chi connectivity index (χ2n) is 5.44. The topological polar surface area (TPSA) is 88.4 Å². The second-order valence-corrected chi connectivity index (χ2v) is 7.62. The van der Waals surface area contributed by atoms with Gasteiger partial charge < -0.3 is 9.47 Å². The van der Waals surface area contributed by atoms with Crippen LogP contribution in [0.15, 0.2) is 41.3 Å². The van der Waals surface area contributed by atoms with Crippen molar-refractivity contribution < 1.29 is 19.1 Å². The summed E-state index contributed by atoms with van der Waals surface area (Å²) in [5.41, 5.74) is 2.05. The molecule has 0 bridgehead atoms. The Labute approximate surface area is 173 Å². The molecule has 8 heteroatoms. The molecular weight excluding hydrogens is 479 g/mol. The van der Waals surface area contributed by atoms with Crippen LogP contribution in [-0.4, -0.2) is 18.3 Å². The number of imide groups is 1. The van der Waals surface area contributed by atoms with Crippen molar-refractivity contribution in [3.05, 3.63) is 61.6 Å². The fourth-order valence-corrected chi connectivity index (χ4v) is 3.90. The van der Waals surface area contributed by atoms with Crippen LogP contribution in [0.1, 0.15) is 16.7 Å². The van der Waals surface area contributed by atoms with Gasteiger partial charge in [-0.15, -0.1) is 0 Å². The number of hydrogen-bond acceptors (Lipinski definition) is 6. The number of halogens is 1. The van der Waals surface area contributed by atoms with Gasteiger partial charge in [0.2, 0.25) is 0 Å². The van der Waals surface area contributed by atoms with Gasteiger partial charge in [0.05, 0.1) is 27.2 Å². The molecule has 1 saturated heterocycles. The van der Waals surface area contributed by atoms with Crippen molar-refractivity contribution in [1.29, 1.82) is 5.26 Å². The summed E-state index contributed by atoms with van der Waals surface area (Å²) in [6.45, 7) is 0.225. The van der Waals surface area contributed by atoms with Gasteiger partial charge in [0.15, 0.2) is 11.5 Å². The molecule has 1 aliphatic rings. The van der Waals surface area contributed by atoms with E-state index in [1.54, 1.807) is 24.3 Å². The standard InChI is InChI=1S/C19H13IN2O4S/c1-25-15-7-11(8-16-18(23)22-19(24)27-16)6-14(20)17(15)26-10-13-5-3-2-4-12(13)9-21/h2-8H,10H2,1H3,(H,22,23,24). The Hall–Kier alpha value is -2.51. The van der Waals surface area contributed by atoms with Gasteiger partial charge in [0.25, 0.3) is 11.1 Å². The number of amides is 2. The zero-order valence-electron chi connectivity index (χ0n) is 14.1. The molecule has 27 heavy (non-hydrogen) atoms. The smallest absolute Gasteiger partial charge is 0.290 e. The second kappa shape index (κ2) is 8.45. The number of thioether (sulfide) groups is 1. The number of carbonyl (C=O) groups is 2. The summed E-state index contributed by atoms with van der Waals surface area (Å²) in [4.78, 5) is 23.3. The van der Waals surface area contributed by atoms with Gasteiger partial charge in [-0.2, -0.15) is 5.26 Å². The minimum Gasteiger partial charge on any atom is -0.493 e. The van der Waals surface area contributed by atoms with Crippen molar-refractivity contribution in [2.45, 2.75) is 6.61 Å². The Balaban J connectivity index is 1.87. The molecular formula is C19H13IN2O4S. The van der Waals surface area contributed by atoms with Crippen LogP contribution in [0.4, 0.5) is 4.79 Å². The number of rotatable bonds is 5. The van der Waals surface area contributed by atoms with E-state index < -0.39 is 5.91 Å². The molecule has 0 unspecified atom stereocenters. The van der Waals surface area contributed by atoms with E-state index in [9.17, 15) is 14.9 Å². The number of methoxy groups -OCH3 is 1. The van der Waals surface area contributed by atoms with E-state index in [2.05, 4.69) is 34.0 Å². The van der Waals surface area contributed by atoms with Gasteiger partial charge in [-0.05, 0) is 64.2 Å². The first-order chi connectivity index (χ1) is 13.0. The number of hydrogen-bond donors (Lipinski definition) is 1. The van der Waals surface area contributed by atoms with Crippen molar-refractivity contribution in [3.8, 4) is 17.6 Å². The van der Waals surface area contributed by atoms with E-state index in [1.807, 2.05) is 18.2 Å². The van der Waals surface area contributed by atoms with E-state index >= 15 is 0 Å². The molecule has 0 aromatic heterocycles. The molecule has 1 heterocycles. The molecule has 0 radical (unpaired) electrons. The summed E-state index contributed by atoms with van der Waals surface area (Å²) in [5, 5.41) is 11.0. The van der Waals surface area contributed by atoms with E-state index in [0.29, 0.717) is 27.5 Å². The Bertz CT molecular complexity index is 998. The molecule has 2 amide bonds. The minimum absolute atomic E-state index is 0.225. The van der Waals surface area contributed by atoms with E-state index in [-0.39, 0.29) is 11.8 Å². The maximum absolute atomic E-state index is 11.7. The lowest BCUT2D eigenvalue weighted by Gasteiger charge is -2.14. The Morgan fingerprint density at radius 2 is 2.07 bits per heavy atom. The highest BCUT2D eigenvalue weighted by Crippen LogP contribution is 2.36. The largest absolute Gasteiger partial charge is 0.493 e. The highest BCUT2D eigenvalue weighted by Gasteiger charge is 2.25. The zero-order valence-corrected chi connectivity index (χ0v) is 17.1. The SMILES string of the molecule is COc1cc(C=C2SC(=O)NC2=O)cc(I)c1OCc1ccccc1C#N. The molecule has 1 fully saturated rings. The van der Waals surface area contributed by atoms with E-state index in [0.717, 1.165) is 20.9 Å². The third-order valence-corrected chi connectivity index (χ3v) is 5.31. The molecule has 2 aromatic rings. The number of nitrogens with zero attached hydrogens (tertiary/aromatic N) is 1. The third-order valence-electron chi connectivity index (χ3n) is 3.70. The van der Waals surface area contributed by atoms with Gasteiger partial charge >= 0.3 is 0 Å². The van der Waals surface area contributed by atoms with Crippen molar-refractivity contribution in [2.24, 2.45) is 0 Å². The summed E-state index contributed by atoms with van der Waals surface area (Å²) in [7, 11) is 1.53. The lowest BCUT2D eigenvalue weighted by Crippen LogP contribution is -2.17.